The molecule has 0 aliphatic heterocycles. The zero-order valence-corrected chi connectivity index (χ0v) is 13.7. The van der Waals surface area contributed by atoms with Crippen molar-refractivity contribution >= 4 is 37.3 Å². The summed E-state index contributed by atoms with van der Waals surface area (Å²) >= 11 is 3.26. The molecule has 0 atom stereocenters. The topological polar surface area (TPSA) is 78.4 Å². The number of phenols is 1. The highest BCUT2D eigenvalue weighted by Crippen LogP contribution is 2.26. The molecule has 21 heavy (non-hydrogen) atoms. The third-order valence-corrected chi connectivity index (χ3v) is 3.94. The van der Waals surface area contributed by atoms with Gasteiger partial charge in [-0.05, 0) is 45.8 Å². The number of benzene rings is 2. The molecule has 0 spiro atoms. The maximum absolute atomic E-state index is 11.3. The minimum Gasteiger partial charge on any atom is -0.507 e. The zero-order valence-electron chi connectivity index (χ0n) is 11.3. The summed E-state index contributed by atoms with van der Waals surface area (Å²) in [5, 5.41) is 12.6. The van der Waals surface area contributed by atoms with Crippen LogP contribution in [0.15, 0.2) is 46.9 Å². The number of hydrogen-bond donors (Lipinski definition) is 3. The van der Waals surface area contributed by atoms with Crippen LogP contribution in [0.25, 0.3) is 0 Å². The van der Waals surface area contributed by atoms with Gasteiger partial charge in [0.1, 0.15) is 5.75 Å². The molecule has 2 aromatic carbocycles. The molecule has 2 rings (SSSR count). The number of rotatable bonds is 5. The second-order valence-electron chi connectivity index (χ2n) is 4.56. The van der Waals surface area contributed by atoms with Gasteiger partial charge in [0.05, 0.1) is 22.1 Å². The molecule has 0 saturated carbocycles. The summed E-state index contributed by atoms with van der Waals surface area (Å²) in [7, 11) is -3.33. The first-order valence-electron chi connectivity index (χ1n) is 6.13. The van der Waals surface area contributed by atoms with Crippen molar-refractivity contribution in [3.8, 4) is 5.75 Å². The van der Waals surface area contributed by atoms with Gasteiger partial charge in [0, 0.05) is 6.54 Å². The first kappa shape index (κ1) is 15.7. The van der Waals surface area contributed by atoms with Gasteiger partial charge < -0.3 is 10.4 Å². The van der Waals surface area contributed by atoms with Gasteiger partial charge in [-0.25, -0.2) is 8.42 Å². The van der Waals surface area contributed by atoms with Crippen LogP contribution in [0.4, 0.5) is 11.4 Å². The van der Waals surface area contributed by atoms with Gasteiger partial charge in [-0.2, -0.15) is 0 Å². The molecule has 0 fully saturated rings. The average molecular weight is 371 g/mol. The van der Waals surface area contributed by atoms with E-state index in [4.69, 9.17) is 0 Å². The van der Waals surface area contributed by atoms with Gasteiger partial charge in [0.15, 0.2) is 0 Å². The van der Waals surface area contributed by atoms with Crippen molar-refractivity contribution in [3.63, 3.8) is 0 Å². The number of aromatic hydroxyl groups is 1. The van der Waals surface area contributed by atoms with Crippen LogP contribution in [0.1, 0.15) is 5.56 Å². The fraction of sp³-hybridized carbons (Fsp3) is 0.143. The Kier molecular flexibility index (Phi) is 4.74. The highest BCUT2D eigenvalue weighted by atomic mass is 79.9. The summed E-state index contributed by atoms with van der Waals surface area (Å²) in [4.78, 5) is 0. The second-order valence-corrected chi connectivity index (χ2v) is 7.16. The fourth-order valence-electron chi connectivity index (χ4n) is 1.78. The smallest absolute Gasteiger partial charge is 0.229 e. The van der Waals surface area contributed by atoms with E-state index in [0.717, 1.165) is 11.8 Å². The molecule has 0 radical (unpaired) electrons. The predicted octanol–water partition coefficient (Wildman–Crippen LogP) is 3.14. The molecule has 0 saturated heterocycles. The normalized spacial score (nSPS) is 11.1. The molecule has 0 heterocycles. The molecule has 0 amide bonds. The Hall–Kier alpha value is -1.73. The van der Waals surface area contributed by atoms with E-state index < -0.39 is 10.0 Å². The number of anilines is 2. The standard InChI is InChI=1S/C14H15BrN2O3S/c1-21(19,20)17-13-5-3-2-4-12(13)16-9-10-6-7-14(18)11(15)8-10/h2-8,16-18H,9H2,1H3. The third kappa shape index (κ3) is 4.64. The quantitative estimate of drug-likeness (QED) is 0.755. The summed E-state index contributed by atoms with van der Waals surface area (Å²) in [5.74, 6) is 0.179. The van der Waals surface area contributed by atoms with Crippen molar-refractivity contribution in [3.05, 3.63) is 52.5 Å². The number of halogens is 1. The van der Waals surface area contributed by atoms with Crippen molar-refractivity contribution in [1.82, 2.24) is 0 Å². The van der Waals surface area contributed by atoms with Crippen LogP contribution in [-0.2, 0) is 16.6 Å². The molecule has 2 aromatic rings. The van der Waals surface area contributed by atoms with E-state index in [2.05, 4.69) is 26.0 Å². The lowest BCUT2D eigenvalue weighted by atomic mass is 10.2. The van der Waals surface area contributed by atoms with Crippen molar-refractivity contribution in [1.29, 1.82) is 0 Å². The monoisotopic (exact) mass is 370 g/mol. The number of phenolic OH excluding ortho intramolecular Hbond substituents is 1. The molecular formula is C14H15BrN2O3S. The SMILES string of the molecule is CS(=O)(=O)Nc1ccccc1NCc1ccc(O)c(Br)c1. The predicted molar refractivity (Wildman–Crippen MR) is 88.0 cm³/mol. The molecule has 0 bridgehead atoms. The fourth-order valence-corrected chi connectivity index (χ4v) is 2.79. The number of hydrogen-bond acceptors (Lipinski definition) is 4. The summed E-state index contributed by atoms with van der Waals surface area (Å²) in [5.41, 5.74) is 2.14. The van der Waals surface area contributed by atoms with E-state index in [1.54, 1.807) is 36.4 Å². The van der Waals surface area contributed by atoms with Crippen LogP contribution in [0.3, 0.4) is 0 Å². The van der Waals surface area contributed by atoms with E-state index in [-0.39, 0.29) is 5.75 Å². The summed E-state index contributed by atoms with van der Waals surface area (Å²) in [6.07, 6.45) is 1.11. The Labute approximate surface area is 132 Å². The van der Waals surface area contributed by atoms with E-state index in [1.807, 2.05) is 6.07 Å². The average Bonchev–Trinajstić information content (AvgIpc) is 2.40. The molecule has 112 valence electrons. The summed E-state index contributed by atoms with van der Waals surface area (Å²) < 4.78 is 25.8. The highest BCUT2D eigenvalue weighted by Gasteiger charge is 2.07. The molecule has 7 heteroatoms. The second kappa shape index (κ2) is 6.36. The van der Waals surface area contributed by atoms with E-state index in [9.17, 15) is 13.5 Å². The van der Waals surface area contributed by atoms with Gasteiger partial charge in [0.2, 0.25) is 10.0 Å². The van der Waals surface area contributed by atoms with Crippen LogP contribution in [0.5, 0.6) is 5.75 Å². The van der Waals surface area contributed by atoms with E-state index in [0.29, 0.717) is 22.4 Å². The van der Waals surface area contributed by atoms with E-state index in [1.165, 1.54) is 0 Å². The zero-order chi connectivity index (χ0) is 15.5. The molecule has 0 aromatic heterocycles. The highest BCUT2D eigenvalue weighted by molar-refractivity contribution is 9.10. The van der Waals surface area contributed by atoms with Gasteiger partial charge in [-0.3, -0.25) is 4.72 Å². The largest absolute Gasteiger partial charge is 0.507 e. The lowest BCUT2D eigenvalue weighted by Gasteiger charge is -2.13. The Morgan fingerprint density at radius 3 is 2.43 bits per heavy atom. The summed E-state index contributed by atoms with van der Waals surface area (Å²) in [6.45, 7) is 0.501. The first-order chi connectivity index (χ1) is 9.85. The molecule has 3 N–H and O–H groups in total. The van der Waals surface area contributed by atoms with Gasteiger partial charge in [-0.15, -0.1) is 0 Å². The van der Waals surface area contributed by atoms with Crippen molar-refractivity contribution in [2.75, 3.05) is 16.3 Å². The van der Waals surface area contributed by atoms with E-state index >= 15 is 0 Å². The molecule has 0 aliphatic rings. The minimum atomic E-state index is -3.33. The maximum Gasteiger partial charge on any atom is 0.229 e. The van der Waals surface area contributed by atoms with Crippen LogP contribution >= 0.6 is 15.9 Å². The summed E-state index contributed by atoms with van der Waals surface area (Å²) in [6, 6.07) is 12.3. The number of nitrogens with one attached hydrogen (secondary N) is 2. The van der Waals surface area contributed by atoms with Crippen LogP contribution in [0.2, 0.25) is 0 Å². The van der Waals surface area contributed by atoms with Gasteiger partial charge in [0.25, 0.3) is 0 Å². The van der Waals surface area contributed by atoms with Crippen molar-refractivity contribution in [2.45, 2.75) is 6.54 Å². The van der Waals surface area contributed by atoms with Crippen molar-refractivity contribution in [2.24, 2.45) is 0 Å². The molecule has 0 unspecified atom stereocenters. The first-order valence-corrected chi connectivity index (χ1v) is 8.82. The number of para-hydroxylation sites is 2. The van der Waals surface area contributed by atoms with Crippen molar-refractivity contribution < 1.29 is 13.5 Å². The molecule has 0 aliphatic carbocycles. The van der Waals surface area contributed by atoms with Gasteiger partial charge in [-0.1, -0.05) is 18.2 Å². The minimum absolute atomic E-state index is 0.179. The Morgan fingerprint density at radius 2 is 1.81 bits per heavy atom. The molecule has 5 nitrogen and oxygen atoms in total. The lowest BCUT2D eigenvalue weighted by Crippen LogP contribution is -2.11. The third-order valence-electron chi connectivity index (χ3n) is 2.72. The van der Waals surface area contributed by atoms with Crippen LogP contribution in [0, 0.1) is 0 Å². The maximum atomic E-state index is 11.3. The Morgan fingerprint density at radius 1 is 1.14 bits per heavy atom. The van der Waals surface area contributed by atoms with Crippen LogP contribution < -0.4 is 10.0 Å². The van der Waals surface area contributed by atoms with Gasteiger partial charge >= 0.3 is 0 Å². The Bertz CT molecular complexity index is 748. The molecular weight excluding hydrogens is 356 g/mol. The lowest BCUT2D eigenvalue weighted by molar-refractivity contribution is 0.471. The number of sulfonamides is 1. The van der Waals surface area contributed by atoms with Crippen LogP contribution in [-0.4, -0.2) is 19.8 Å². The Balaban J connectivity index is 2.14.